The number of nitrogens with zero attached hydrogens (tertiary/aromatic N) is 3. The predicted molar refractivity (Wildman–Crippen MR) is 128 cm³/mol. The summed E-state index contributed by atoms with van der Waals surface area (Å²) in [6.45, 7) is -9.94. The molecule has 0 bridgehead atoms. The van der Waals surface area contributed by atoms with Crippen molar-refractivity contribution in [3.05, 3.63) is 48.3 Å². The van der Waals surface area contributed by atoms with Crippen molar-refractivity contribution in [1.29, 1.82) is 0 Å². The van der Waals surface area contributed by atoms with Gasteiger partial charge in [0, 0.05) is 54.8 Å². The number of nitrogens with one attached hydrogen (secondary N) is 3. The van der Waals surface area contributed by atoms with Crippen molar-refractivity contribution in [3.63, 3.8) is 0 Å². The first-order chi connectivity index (χ1) is 18.2. The van der Waals surface area contributed by atoms with Gasteiger partial charge >= 0.3 is 0 Å². The molecule has 0 spiro atoms. The van der Waals surface area contributed by atoms with Crippen LogP contribution in [0.2, 0.25) is 0 Å². The summed E-state index contributed by atoms with van der Waals surface area (Å²) in [5, 5.41) is 3.30. The topological polar surface area (TPSA) is 110 Å². The van der Waals surface area contributed by atoms with Crippen LogP contribution in [0.4, 0.5) is 17.2 Å². The van der Waals surface area contributed by atoms with Gasteiger partial charge in [-0.25, -0.2) is 13.4 Å². The standard InChI is InChI=1S/C22H28N6O3S/c1-15(2)24-19-5-4-8-23-21(19)27-9-11-28(12-10-27)22(29)20-14-16-13-17(26-32(3,30)31)6-7-18(16)25-20/h4-8,13-15,24-26H,9-12H2,1-3H3/i9D2,10D2,11D2,12D2. The van der Waals surface area contributed by atoms with E-state index in [0.29, 0.717) is 15.8 Å². The van der Waals surface area contributed by atoms with Gasteiger partial charge in [0.15, 0.2) is 5.82 Å². The van der Waals surface area contributed by atoms with Gasteiger partial charge in [-0.2, -0.15) is 0 Å². The lowest BCUT2D eigenvalue weighted by atomic mass is 10.2. The summed E-state index contributed by atoms with van der Waals surface area (Å²) < 4.78 is 95.0. The second-order valence-corrected chi connectivity index (χ2v) is 9.20. The number of H-pyrrole nitrogens is 1. The van der Waals surface area contributed by atoms with Crippen LogP contribution in [-0.4, -0.2) is 67.5 Å². The van der Waals surface area contributed by atoms with Crippen molar-refractivity contribution in [3.8, 4) is 0 Å². The highest BCUT2D eigenvalue weighted by Crippen LogP contribution is 2.26. The molecule has 3 aromatic rings. The molecule has 0 atom stereocenters. The molecule has 32 heavy (non-hydrogen) atoms. The van der Waals surface area contributed by atoms with Gasteiger partial charge in [-0.05, 0) is 50.2 Å². The second-order valence-electron chi connectivity index (χ2n) is 7.46. The number of carbonyl (C=O) groups excluding carboxylic acids is 1. The molecule has 1 saturated heterocycles. The molecule has 4 rings (SSSR count). The molecule has 0 radical (unpaired) electrons. The van der Waals surface area contributed by atoms with Crippen LogP contribution in [0, 0.1) is 0 Å². The van der Waals surface area contributed by atoms with Crippen molar-refractivity contribution in [2.45, 2.75) is 19.9 Å². The maximum absolute atomic E-state index is 13.7. The number of anilines is 3. The number of aromatic amines is 1. The number of hydrogen-bond donors (Lipinski definition) is 3. The summed E-state index contributed by atoms with van der Waals surface area (Å²) in [5.74, 6) is -1.72. The zero-order valence-electron chi connectivity index (χ0n) is 25.6. The van der Waals surface area contributed by atoms with Crippen LogP contribution in [0.25, 0.3) is 10.9 Å². The van der Waals surface area contributed by atoms with Gasteiger partial charge in [-0.1, -0.05) is 0 Å². The van der Waals surface area contributed by atoms with Crippen molar-refractivity contribution in [2.75, 3.05) is 47.2 Å². The minimum atomic E-state index is -3.60. The van der Waals surface area contributed by atoms with Crippen molar-refractivity contribution >= 4 is 44.0 Å². The van der Waals surface area contributed by atoms with Crippen molar-refractivity contribution in [2.24, 2.45) is 0 Å². The molecule has 1 aliphatic rings. The number of sulfonamides is 1. The quantitative estimate of drug-likeness (QED) is 0.517. The van der Waals surface area contributed by atoms with E-state index in [1.807, 2.05) is 0 Å². The van der Waals surface area contributed by atoms with Crippen LogP contribution in [0.5, 0.6) is 0 Å². The van der Waals surface area contributed by atoms with Gasteiger partial charge in [-0.15, -0.1) is 0 Å². The van der Waals surface area contributed by atoms with Gasteiger partial charge in [0.2, 0.25) is 10.0 Å². The molecule has 3 N–H and O–H groups in total. The normalized spacial score (nSPS) is 24.8. The Morgan fingerprint density at radius 2 is 1.94 bits per heavy atom. The molecule has 1 fully saturated rings. The Kier molecular flexibility index (Phi) is 3.80. The molecule has 2 aromatic heterocycles. The molecule has 1 aromatic carbocycles. The first-order valence-electron chi connectivity index (χ1n) is 13.7. The fraction of sp³-hybridized carbons (Fsp3) is 0.364. The number of benzene rings is 1. The first kappa shape index (κ1) is 14.0. The molecular weight excluding hydrogens is 428 g/mol. The SMILES string of the molecule is [2H]C1([2H])N(C(=O)c2cc3cc(NS(C)(=O)=O)ccc3[nH]2)C([2H])([2H])C([2H])([2H])N(c2ncccc2NC(C)C)C1([2H])[2H]. The van der Waals surface area contributed by atoms with E-state index >= 15 is 0 Å². The Bertz CT molecular complexity index is 1550. The second kappa shape index (κ2) is 8.70. The number of carbonyl (C=O) groups is 1. The van der Waals surface area contributed by atoms with Crippen LogP contribution >= 0.6 is 0 Å². The van der Waals surface area contributed by atoms with E-state index < -0.39 is 41.9 Å². The minimum Gasteiger partial charge on any atom is -0.380 e. The fourth-order valence-corrected chi connectivity index (χ4v) is 3.66. The average Bonchev–Trinajstić information content (AvgIpc) is 3.21. The number of piperazine rings is 1. The highest BCUT2D eigenvalue weighted by Gasteiger charge is 2.25. The van der Waals surface area contributed by atoms with E-state index in [9.17, 15) is 13.2 Å². The number of pyridine rings is 1. The number of amides is 1. The number of hydrogen-bond acceptors (Lipinski definition) is 6. The molecular formula is C22H28N6O3S. The smallest absolute Gasteiger partial charge is 0.270 e. The molecule has 0 saturated carbocycles. The van der Waals surface area contributed by atoms with Gasteiger partial charge in [0.05, 0.1) is 22.9 Å². The lowest BCUT2D eigenvalue weighted by molar-refractivity contribution is 0.0741. The maximum atomic E-state index is 13.7. The van der Waals surface area contributed by atoms with Gasteiger partial charge in [-0.3, -0.25) is 9.52 Å². The summed E-state index contributed by atoms with van der Waals surface area (Å²) in [4.78, 5) is 20.7. The summed E-state index contributed by atoms with van der Waals surface area (Å²) in [5.41, 5.74) is 0.289. The molecule has 0 unspecified atom stereocenters. The summed E-state index contributed by atoms with van der Waals surface area (Å²) in [6.07, 6.45) is 2.20. The molecule has 1 aliphatic heterocycles. The Balaban J connectivity index is 1.83. The number of aromatic nitrogens is 2. The minimum absolute atomic E-state index is 0.0740. The van der Waals surface area contributed by atoms with Gasteiger partial charge in [0.25, 0.3) is 5.91 Å². The molecule has 9 nitrogen and oxygen atoms in total. The van der Waals surface area contributed by atoms with Crippen molar-refractivity contribution in [1.82, 2.24) is 14.9 Å². The Labute approximate surface area is 199 Å². The van der Waals surface area contributed by atoms with E-state index in [2.05, 4.69) is 20.0 Å². The summed E-state index contributed by atoms with van der Waals surface area (Å²) in [7, 11) is -3.60. The first-order valence-corrected chi connectivity index (χ1v) is 11.6. The third-order valence-corrected chi connectivity index (χ3v) is 4.95. The van der Waals surface area contributed by atoms with Gasteiger partial charge in [0.1, 0.15) is 5.69 Å². The van der Waals surface area contributed by atoms with Crippen LogP contribution in [0.15, 0.2) is 42.6 Å². The Morgan fingerprint density at radius 3 is 2.62 bits per heavy atom. The number of rotatable bonds is 6. The fourth-order valence-electron chi connectivity index (χ4n) is 3.11. The number of fused-ring (bicyclic) bond motifs is 1. The van der Waals surface area contributed by atoms with Crippen LogP contribution < -0.4 is 14.9 Å². The molecule has 170 valence electrons. The zero-order valence-corrected chi connectivity index (χ0v) is 18.4. The third-order valence-electron chi connectivity index (χ3n) is 4.35. The van der Waals surface area contributed by atoms with Crippen LogP contribution in [-0.2, 0) is 10.0 Å². The monoisotopic (exact) mass is 464 g/mol. The lowest BCUT2D eigenvalue weighted by Crippen LogP contribution is -2.49. The Morgan fingerprint density at radius 1 is 1.19 bits per heavy atom. The van der Waals surface area contributed by atoms with Crippen LogP contribution in [0.3, 0.4) is 0 Å². The highest BCUT2D eigenvalue weighted by atomic mass is 32.2. The third kappa shape index (κ3) is 4.96. The predicted octanol–water partition coefficient (Wildman–Crippen LogP) is 2.72. The Hall–Kier alpha value is -3.27. The summed E-state index contributed by atoms with van der Waals surface area (Å²) in [6, 6.07) is 8.27. The average molecular weight is 465 g/mol. The van der Waals surface area contributed by atoms with Gasteiger partial charge < -0.3 is 20.1 Å². The largest absolute Gasteiger partial charge is 0.380 e. The van der Waals surface area contributed by atoms with E-state index in [4.69, 9.17) is 11.0 Å². The molecule has 10 heteroatoms. The van der Waals surface area contributed by atoms with Crippen LogP contribution in [0.1, 0.15) is 35.3 Å². The maximum Gasteiger partial charge on any atom is 0.270 e. The molecule has 0 aliphatic carbocycles. The highest BCUT2D eigenvalue weighted by molar-refractivity contribution is 7.92. The van der Waals surface area contributed by atoms with E-state index in [0.717, 1.165) is 6.26 Å². The molecule has 3 heterocycles. The van der Waals surface area contributed by atoms with E-state index in [-0.39, 0.29) is 33.8 Å². The van der Waals surface area contributed by atoms with E-state index in [1.165, 1.54) is 42.6 Å². The van der Waals surface area contributed by atoms with E-state index in [1.54, 1.807) is 13.8 Å². The zero-order chi connectivity index (χ0) is 30.1. The lowest BCUT2D eigenvalue weighted by Gasteiger charge is -2.36. The molecule has 1 amide bonds. The van der Waals surface area contributed by atoms with Crippen molar-refractivity contribution < 1.29 is 24.2 Å². The summed E-state index contributed by atoms with van der Waals surface area (Å²) >= 11 is 0.